The molecule has 2 saturated carbocycles. The van der Waals surface area contributed by atoms with Crippen LogP contribution in [0.15, 0.2) is 35.5 Å². The molecule has 0 spiro atoms. The fourth-order valence-corrected chi connectivity index (χ4v) is 8.47. The normalized spacial score (nSPS) is 37.1. The van der Waals surface area contributed by atoms with Crippen LogP contribution in [0.5, 0.6) is 0 Å². The zero-order valence-corrected chi connectivity index (χ0v) is 25.2. The summed E-state index contributed by atoms with van der Waals surface area (Å²) in [6.45, 7) is 4.50. The number of hydrogen-bond donors (Lipinski definition) is 2. The molecule has 0 aromatic heterocycles. The molecule has 9 unspecified atom stereocenters. The van der Waals surface area contributed by atoms with Crippen molar-refractivity contribution in [3.8, 4) is 0 Å². The molecule has 0 saturated heterocycles. The molecule has 4 aliphatic carbocycles. The molecule has 228 valence electrons. The summed E-state index contributed by atoms with van der Waals surface area (Å²) in [5, 5.41) is 11.0. The van der Waals surface area contributed by atoms with E-state index in [0.717, 1.165) is 76.2 Å². The molecule has 4 aliphatic rings. The van der Waals surface area contributed by atoms with Gasteiger partial charge in [-0.25, -0.2) is 0 Å². The van der Waals surface area contributed by atoms with Crippen LogP contribution in [0.4, 0.5) is 13.2 Å². The van der Waals surface area contributed by atoms with Crippen molar-refractivity contribution < 1.29 is 18.3 Å². The Morgan fingerprint density at radius 2 is 1.75 bits per heavy atom. The van der Waals surface area contributed by atoms with Crippen LogP contribution in [0, 0.1) is 41.4 Å². The molecule has 5 heteroatoms. The highest BCUT2D eigenvalue weighted by Crippen LogP contribution is 2.48. The van der Waals surface area contributed by atoms with E-state index < -0.39 is 18.2 Å². The molecular weight excluding hydrogens is 507 g/mol. The van der Waals surface area contributed by atoms with Gasteiger partial charge in [0.05, 0.1) is 12.0 Å². The van der Waals surface area contributed by atoms with Crippen molar-refractivity contribution in [1.82, 2.24) is 0 Å². The summed E-state index contributed by atoms with van der Waals surface area (Å²) in [7, 11) is 0. The summed E-state index contributed by atoms with van der Waals surface area (Å²) in [6.07, 6.45) is 20.0. The molecule has 2 nitrogen and oxygen atoms in total. The largest absolute Gasteiger partial charge is 0.392 e. The van der Waals surface area contributed by atoms with Crippen LogP contribution in [0.3, 0.4) is 0 Å². The fourth-order valence-electron chi connectivity index (χ4n) is 8.47. The van der Waals surface area contributed by atoms with Crippen molar-refractivity contribution in [2.45, 2.75) is 141 Å². The van der Waals surface area contributed by atoms with Crippen LogP contribution in [-0.4, -0.2) is 23.4 Å². The minimum Gasteiger partial charge on any atom is -0.385 e. The smallest absolute Gasteiger partial charge is 0.385 e. The monoisotopic (exact) mass is 563 g/mol. The van der Waals surface area contributed by atoms with Gasteiger partial charge in [-0.05, 0) is 137 Å². The first-order valence-electron chi connectivity index (χ1n) is 16.7. The maximum absolute atomic E-state index is 14.2. The van der Waals surface area contributed by atoms with E-state index in [4.69, 9.17) is 5.73 Å². The van der Waals surface area contributed by atoms with E-state index in [0.29, 0.717) is 42.6 Å². The van der Waals surface area contributed by atoms with E-state index in [-0.39, 0.29) is 18.3 Å². The van der Waals surface area contributed by atoms with Crippen molar-refractivity contribution >= 4 is 0 Å². The van der Waals surface area contributed by atoms with Gasteiger partial charge < -0.3 is 10.8 Å². The van der Waals surface area contributed by atoms with Gasteiger partial charge in [-0.3, -0.25) is 0 Å². The number of aliphatic hydroxyl groups excluding tert-OH is 1. The Kier molecular flexibility index (Phi) is 11.9. The number of nitrogens with two attached hydrogens (primary N) is 1. The van der Waals surface area contributed by atoms with E-state index in [9.17, 15) is 18.3 Å². The molecule has 9 atom stereocenters. The number of alkyl halides is 3. The third-order valence-corrected chi connectivity index (χ3v) is 11.3. The van der Waals surface area contributed by atoms with Gasteiger partial charge >= 0.3 is 6.18 Å². The van der Waals surface area contributed by atoms with Gasteiger partial charge in [0.1, 0.15) is 0 Å². The maximum Gasteiger partial charge on any atom is 0.392 e. The molecule has 0 aromatic carbocycles. The SMILES string of the molecule is CCC1=CCC(CC2CCC(CC=CC(O)C3=CCC(C)C(CC4CCCCC4N)C3)CC2C(F)(F)F)CCC1. The average Bonchev–Trinajstić information content (AvgIpc) is 3.16. The molecule has 4 rings (SSSR count). The number of aliphatic hydroxyl groups is 1. The second-order valence-corrected chi connectivity index (χ2v) is 14.0. The topological polar surface area (TPSA) is 46.2 Å². The van der Waals surface area contributed by atoms with Crippen LogP contribution < -0.4 is 5.73 Å². The van der Waals surface area contributed by atoms with Crippen LogP contribution in [0.25, 0.3) is 0 Å². The Morgan fingerprint density at radius 3 is 2.50 bits per heavy atom. The zero-order valence-electron chi connectivity index (χ0n) is 25.2. The average molecular weight is 564 g/mol. The van der Waals surface area contributed by atoms with Gasteiger partial charge in [-0.2, -0.15) is 13.2 Å². The van der Waals surface area contributed by atoms with Crippen molar-refractivity contribution in [3.05, 3.63) is 35.5 Å². The maximum atomic E-state index is 14.2. The van der Waals surface area contributed by atoms with E-state index in [1.54, 1.807) is 0 Å². The number of hydrogen-bond acceptors (Lipinski definition) is 2. The van der Waals surface area contributed by atoms with Crippen LogP contribution >= 0.6 is 0 Å². The Balaban J connectivity index is 1.27. The second-order valence-electron chi connectivity index (χ2n) is 14.0. The van der Waals surface area contributed by atoms with Crippen LogP contribution in [0.2, 0.25) is 0 Å². The van der Waals surface area contributed by atoms with Crippen molar-refractivity contribution in [2.75, 3.05) is 0 Å². The Labute approximate surface area is 242 Å². The standard InChI is InChI=1S/C35H56F3NO/c1-3-25-8-6-9-26(16-15-25)20-28-19-17-27(21-32(28)35(36,37)38)10-7-13-34(40)30-18-14-24(2)31(23-30)22-29-11-4-5-12-33(29)39/h7,13,15,18,24,26-29,31-34,40H,3-6,8-12,14,16-17,19-23,39H2,1-2H3. The molecule has 0 radical (unpaired) electrons. The summed E-state index contributed by atoms with van der Waals surface area (Å²) >= 11 is 0. The lowest BCUT2D eigenvalue weighted by atomic mass is 9.69. The highest BCUT2D eigenvalue weighted by atomic mass is 19.4. The number of halogens is 3. The van der Waals surface area contributed by atoms with E-state index in [1.807, 2.05) is 12.2 Å². The van der Waals surface area contributed by atoms with Gasteiger partial charge in [0.15, 0.2) is 0 Å². The lowest BCUT2D eigenvalue weighted by Gasteiger charge is -2.38. The van der Waals surface area contributed by atoms with Crippen molar-refractivity contribution in [3.63, 3.8) is 0 Å². The van der Waals surface area contributed by atoms with Gasteiger partial charge in [0, 0.05) is 6.04 Å². The van der Waals surface area contributed by atoms with E-state index in [1.165, 1.54) is 24.8 Å². The highest BCUT2D eigenvalue weighted by molar-refractivity contribution is 5.19. The molecular formula is C35H56F3NO. The Hall–Kier alpha value is -1.07. The quantitative estimate of drug-likeness (QED) is 0.274. The molecule has 0 aliphatic heterocycles. The number of allylic oxidation sites excluding steroid dienone is 4. The third-order valence-electron chi connectivity index (χ3n) is 11.3. The molecule has 40 heavy (non-hydrogen) atoms. The Morgan fingerprint density at radius 1 is 0.950 bits per heavy atom. The first kappa shape index (κ1) is 31.9. The van der Waals surface area contributed by atoms with Gasteiger partial charge in [0.25, 0.3) is 0 Å². The summed E-state index contributed by atoms with van der Waals surface area (Å²) in [6, 6.07) is 0.314. The summed E-state index contributed by atoms with van der Waals surface area (Å²) in [5.74, 6) is 0.775. The van der Waals surface area contributed by atoms with Gasteiger partial charge in [-0.15, -0.1) is 0 Å². The molecule has 3 N–H and O–H groups in total. The summed E-state index contributed by atoms with van der Waals surface area (Å²) in [5.41, 5.74) is 9.00. The molecule has 0 aromatic rings. The van der Waals surface area contributed by atoms with Crippen molar-refractivity contribution in [2.24, 2.45) is 47.2 Å². The second kappa shape index (κ2) is 14.9. The minimum absolute atomic E-state index is 0.0490. The van der Waals surface area contributed by atoms with Crippen LogP contribution in [-0.2, 0) is 0 Å². The van der Waals surface area contributed by atoms with Crippen LogP contribution in [0.1, 0.15) is 123 Å². The van der Waals surface area contributed by atoms with Gasteiger partial charge in [-0.1, -0.05) is 56.6 Å². The zero-order chi connectivity index (χ0) is 28.7. The van der Waals surface area contributed by atoms with Crippen molar-refractivity contribution in [1.29, 1.82) is 0 Å². The lowest BCUT2D eigenvalue weighted by Crippen LogP contribution is -2.36. The third kappa shape index (κ3) is 8.96. The fraction of sp³-hybridized carbons (Fsp3) is 0.829. The van der Waals surface area contributed by atoms with Gasteiger partial charge in [0.2, 0.25) is 0 Å². The summed E-state index contributed by atoms with van der Waals surface area (Å²) in [4.78, 5) is 0. The highest BCUT2D eigenvalue weighted by Gasteiger charge is 2.47. The molecule has 2 fully saturated rings. The first-order valence-corrected chi connectivity index (χ1v) is 16.7. The predicted octanol–water partition coefficient (Wildman–Crippen LogP) is 9.69. The summed E-state index contributed by atoms with van der Waals surface area (Å²) < 4.78 is 42.6. The lowest BCUT2D eigenvalue weighted by molar-refractivity contribution is -0.202. The Bertz CT molecular complexity index is 876. The van der Waals surface area contributed by atoms with E-state index in [2.05, 4.69) is 26.0 Å². The first-order chi connectivity index (χ1) is 19.1. The molecule has 0 bridgehead atoms. The minimum atomic E-state index is -4.12. The number of rotatable bonds is 9. The predicted molar refractivity (Wildman–Crippen MR) is 160 cm³/mol. The molecule has 0 amide bonds. The van der Waals surface area contributed by atoms with E-state index >= 15 is 0 Å². The molecule has 0 heterocycles.